The van der Waals surface area contributed by atoms with Gasteiger partial charge in [-0.25, -0.2) is 0 Å². The number of hydrogen-bond acceptors (Lipinski definition) is 3. The Kier molecular flexibility index (Phi) is 4.74. The van der Waals surface area contributed by atoms with Crippen LogP contribution in [0, 0.1) is 0 Å². The molecule has 0 aliphatic rings. The Labute approximate surface area is 122 Å². The highest BCUT2D eigenvalue weighted by atomic mass is 35.5. The van der Waals surface area contributed by atoms with E-state index in [2.05, 4.69) is 5.32 Å². The molecule has 0 unspecified atom stereocenters. The summed E-state index contributed by atoms with van der Waals surface area (Å²) in [6, 6.07) is 12.5. The standard InChI is InChI=1S/C15H16ClN3O/c16-13-5-11(9-18)4-12(7-13)15(20)19-14-3-1-2-10(6-14)8-17/h1-7H,8-9,17-18H2,(H,19,20). The molecule has 0 atom stereocenters. The van der Waals surface area contributed by atoms with Gasteiger partial charge in [0, 0.05) is 29.4 Å². The third-order valence-corrected chi connectivity index (χ3v) is 3.09. The van der Waals surface area contributed by atoms with E-state index >= 15 is 0 Å². The summed E-state index contributed by atoms with van der Waals surface area (Å²) < 4.78 is 0. The maximum Gasteiger partial charge on any atom is 0.255 e. The zero-order valence-corrected chi connectivity index (χ0v) is 11.7. The highest BCUT2D eigenvalue weighted by molar-refractivity contribution is 6.31. The van der Waals surface area contributed by atoms with Crippen molar-refractivity contribution in [3.63, 3.8) is 0 Å². The molecule has 0 fully saturated rings. The second-order valence-electron chi connectivity index (χ2n) is 4.41. The fourth-order valence-electron chi connectivity index (χ4n) is 1.88. The number of halogens is 1. The molecule has 2 aromatic rings. The van der Waals surface area contributed by atoms with Crippen molar-refractivity contribution in [1.82, 2.24) is 0 Å². The van der Waals surface area contributed by atoms with Crippen molar-refractivity contribution in [1.29, 1.82) is 0 Å². The van der Waals surface area contributed by atoms with E-state index in [0.717, 1.165) is 11.1 Å². The quantitative estimate of drug-likeness (QED) is 0.809. The number of carbonyl (C=O) groups excluding carboxylic acids is 1. The summed E-state index contributed by atoms with van der Waals surface area (Å²) in [5.74, 6) is -0.226. The Morgan fingerprint density at radius 1 is 1.05 bits per heavy atom. The Bertz CT molecular complexity index is 628. The number of carbonyl (C=O) groups is 1. The highest BCUT2D eigenvalue weighted by Crippen LogP contribution is 2.17. The van der Waals surface area contributed by atoms with Gasteiger partial charge in [-0.1, -0.05) is 23.7 Å². The van der Waals surface area contributed by atoms with Crippen molar-refractivity contribution >= 4 is 23.2 Å². The van der Waals surface area contributed by atoms with Crippen LogP contribution in [0.3, 0.4) is 0 Å². The lowest BCUT2D eigenvalue weighted by Gasteiger charge is -2.08. The lowest BCUT2D eigenvalue weighted by molar-refractivity contribution is 0.102. The molecule has 20 heavy (non-hydrogen) atoms. The minimum atomic E-state index is -0.226. The third kappa shape index (κ3) is 3.57. The van der Waals surface area contributed by atoms with Gasteiger partial charge >= 0.3 is 0 Å². The van der Waals surface area contributed by atoms with Gasteiger partial charge in [0.05, 0.1) is 0 Å². The van der Waals surface area contributed by atoms with Crippen LogP contribution in [0.4, 0.5) is 5.69 Å². The smallest absolute Gasteiger partial charge is 0.255 e. The van der Waals surface area contributed by atoms with E-state index in [1.807, 2.05) is 24.3 Å². The van der Waals surface area contributed by atoms with Crippen LogP contribution in [-0.2, 0) is 13.1 Å². The summed E-state index contributed by atoms with van der Waals surface area (Å²) in [5.41, 5.74) is 14.1. The molecule has 4 nitrogen and oxygen atoms in total. The minimum Gasteiger partial charge on any atom is -0.326 e. The Morgan fingerprint density at radius 2 is 1.80 bits per heavy atom. The van der Waals surface area contributed by atoms with Gasteiger partial charge in [-0.05, 0) is 41.5 Å². The van der Waals surface area contributed by atoms with Crippen LogP contribution in [0.15, 0.2) is 42.5 Å². The maximum absolute atomic E-state index is 12.2. The SMILES string of the molecule is NCc1cccc(NC(=O)c2cc(Cl)cc(CN)c2)c1. The molecule has 0 heterocycles. The van der Waals surface area contributed by atoms with Crippen LogP contribution in [-0.4, -0.2) is 5.91 Å². The zero-order valence-electron chi connectivity index (χ0n) is 10.9. The number of hydrogen-bond donors (Lipinski definition) is 3. The van der Waals surface area contributed by atoms with Gasteiger partial charge in [-0.3, -0.25) is 4.79 Å². The Balaban J connectivity index is 2.21. The molecule has 0 bridgehead atoms. The summed E-state index contributed by atoms with van der Waals surface area (Å²) in [6.45, 7) is 0.766. The van der Waals surface area contributed by atoms with Crippen molar-refractivity contribution in [2.75, 3.05) is 5.32 Å². The molecule has 0 saturated carbocycles. The fourth-order valence-corrected chi connectivity index (χ4v) is 2.14. The molecular formula is C15H16ClN3O. The second-order valence-corrected chi connectivity index (χ2v) is 4.85. The largest absolute Gasteiger partial charge is 0.326 e. The molecular weight excluding hydrogens is 274 g/mol. The molecule has 0 aliphatic carbocycles. The molecule has 0 aliphatic heterocycles. The molecule has 2 aromatic carbocycles. The van der Waals surface area contributed by atoms with Crippen molar-refractivity contribution in [2.45, 2.75) is 13.1 Å². The van der Waals surface area contributed by atoms with E-state index in [0.29, 0.717) is 29.4 Å². The van der Waals surface area contributed by atoms with E-state index in [1.54, 1.807) is 18.2 Å². The van der Waals surface area contributed by atoms with Crippen molar-refractivity contribution in [3.05, 3.63) is 64.2 Å². The molecule has 2 rings (SSSR count). The normalized spacial score (nSPS) is 10.3. The Hall–Kier alpha value is -1.88. The van der Waals surface area contributed by atoms with E-state index < -0.39 is 0 Å². The summed E-state index contributed by atoms with van der Waals surface area (Å²) >= 11 is 5.97. The van der Waals surface area contributed by atoms with E-state index in [4.69, 9.17) is 23.1 Å². The topological polar surface area (TPSA) is 81.1 Å². The minimum absolute atomic E-state index is 0.226. The monoisotopic (exact) mass is 289 g/mol. The predicted octanol–water partition coefficient (Wildman–Crippen LogP) is 2.51. The van der Waals surface area contributed by atoms with Gasteiger partial charge in [0.15, 0.2) is 0 Å². The van der Waals surface area contributed by atoms with Gasteiger partial charge in [0.2, 0.25) is 0 Å². The average Bonchev–Trinajstić information content (AvgIpc) is 2.46. The summed E-state index contributed by atoms with van der Waals surface area (Å²) in [4.78, 5) is 12.2. The van der Waals surface area contributed by atoms with E-state index in [1.165, 1.54) is 0 Å². The number of amides is 1. The molecule has 0 spiro atoms. The molecule has 5 N–H and O–H groups in total. The van der Waals surface area contributed by atoms with Gasteiger partial charge in [0.25, 0.3) is 5.91 Å². The van der Waals surface area contributed by atoms with Crippen LogP contribution in [0.25, 0.3) is 0 Å². The number of nitrogens with one attached hydrogen (secondary N) is 1. The Morgan fingerprint density at radius 3 is 2.50 bits per heavy atom. The van der Waals surface area contributed by atoms with Crippen molar-refractivity contribution in [3.8, 4) is 0 Å². The molecule has 0 radical (unpaired) electrons. The fraction of sp³-hybridized carbons (Fsp3) is 0.133. The number of rotatable bonds is 4. The van der Waals surface area contributed by atoms with Gasteiger partial charge in [-0.15, -0.1) is 0 Å². The van der Waals surface area contributed by atoms with Crippen LogP contribution < -0.4 is 16.8 Å². The lowest BCUT2D eigenvalue weighted by Crippen LogP contribution is -2.13. The summed E-state index contributed by atoms with van der Waals surface area (Å²) in [6.07, 6.45) is 0. The van der Waals surface area contributed by atoms with Crippen molar-refractivity contribution < 1.29 is 4.79 Å². The van der Waals surface area contributed by atoms with Crippen molar-refractivity contribution in [2.24, 2.45) is 11.5 Å². The maximum atomic E-state index is 12.2. The van der Waals surface area contributed by atoms with Gasteiger partial charge in [-0.2, -0.15) is 0 Å². The average molecular weight is 290 g/mol. The first-order valence-electron chi connectivity index (χ1n) is 6.22. The third-order valence-electron chi connectivity index (χ3n) is 2.88. The van der Waals surface area contributed by atoms with Crippen LogP contribution in [0.5, 0.6) is 0 Å². The number of benzene rings is 2. The molecule has 0 aromatic heterocycles. The number of nitrogens with two attached hydrogens (primary N) is 2. The van der Waals surface area contributed by atoms with Crippen LogP contribution >= 0.6 is 11.6 Å². The molecule has 0 saturated heterocycles. The first kappa shape index (κ1) is 14.5. The second kappa shape index (κ2) is 6.52. The predicted molar refractivity (Wildman–Crippen MR) is 81.6 cm³/mol. The summed E-state index contributed by atoms with van der Waals surface area (Å²) in [5, 5.41) is 3.31. The highest BCUT2D eigenvalue weighted by Gasteiger charge is 2.08. The summed E-state index contributed by atoms with van der Waals surface area (Å²) in [7, 11) is 0. The molecule has 104 valence electrons. The molecule has 5 heteroatoms. The first-order valence-corrected chi connectivity index (χ1v) is 6.60. The lowest BCUT2D eigenvalue weighted by atomic mass is 10.1. The number of anilines is 1. The van der Waals surface area contributed by atoms with Gasteiger partial charge < -0.3 is 16.8 Å². The first-order chi connectivity index (χ1) is 9.62. The van der Waals surface area contributed by atoms with Gasteiger partial charge in [0.1, 0.15) is 0 Å². The molecule has 1 amide bonds. The van der Waals surface area contributed by atoms with E-state index in [-0.39, 0.29) is 5.91 Å². The zero-order chi connectivity index (χ0) is 14.5. The van der Waals surface area contributed by atoms with Crippen LogP contribution in [0.1, 0.15) is 21.5 Å². The van der Waals surface area contributed by atoms with Crippen LogP contribution in [0.2, 0.25) is 5.02 Å². The van der Waals surface area contributed by atoms with E-state index in [9.17, 15) is 4.79 Å².